The summed E-state index contributed by atoms with van der Waals surface area (Å²) in [6, 6.07) is 2.75. The number of Topliss-reactive ketones (excluding diaryl/α,β-unsaturated/α-hetero) is 1. The molecule has 1 unspecified atom stereocenters. The van der Waals surface area contributed by atoms with E-state index >= 15 is 0 Å². The van der Waals surface area contributed by atoms with Gasteiger partial charge in [-0.15, -0.1) is 0 Å². The number of methoxy groups -OCH3 is 3. The molecule has 2 aliphatic heterocycles. The van der Waals surface area contributed by atoms with E-state index in [1.807, 2.05) is 0 Å². The van der Waals surface area contributed by atoms with Gasteiger partial charge in [-0.2, -0.15) is 0 Å². The second kappa shape index (κ2) is 10.3. The molecule has 8 nitrogen and oxygen atoms in total. The van der Waals surface area contributed by atoms with Crippen LogP contribution in [0.2, 0.25) is 0 Å². The van der Waals surface area contributed by atoms with Gasteiger partial charge in [-0.25, -0.2) is 0 Å². The minimum Gasteiger partial charge on any atom is -0.503 e. The molecule has 1 N–H and O–H groups in total. The van der Waals surface area contributed by atoms with Crippen molar-refractivity contribution in [2.24, 2.45) is 5.92 Å². The first-order valence-electron chi connectivity index (χ1n) is 11.1. The number of hydrogen-bond acceptors (Lipinski definition) is 7. The molecule has 1 fully saturated rings. The number of carbonyl (C=O) groups is 2. The van der Waals surface area contributed by atoms with Crippen molar-refractivity contribution in [3.05, 3.63) is 29.0 Å². The van der Waals surface area contributed by atoms with Crippen LogP contribution in [0.25, 0.3) is 0 Å². The fourth-order valence-corrected chi connectivity index (χ4v) is 4.48. The predicted molar refractivity (Wildman–Crippen MR) is 120 cm³/mol. The van der Waals surface area contributed by atoms with Crippen molar-refractivity contribution in [1.29, 1.82) is 0 Å². The lowest BCUT2D eigenvalue weighted by Gasteiger charge is -2.32. The molecule has 2 heterocycles. The van der Waals surface area contributed by atoms with Gasteiger partial charge < -0.3 is 29.1 Å². The normalized spacial score (nSPS) is 19.6. The Balaban J connectivity index is 2.04. The van der Waals surface area contributed by atoms with Gasteiger partial charge in [0.05, 0.1) is 32.9 Å². The molecule has 8 heteroatoms. The Morgan fingerprint density at radius 1 is 1.03 bits per heavy atom. The van der Waals surface area contributed by atoms with Crippen molar-refractivity contribution in [2.75, 3.05) is 47.5 Å². The second-order valence-corrected chi connectivity index (χ2v) is 8.54. The minimum absolute atomic E-state index is 0.123. The zero-order valence-electron chi connectivity index (χ0n) is 19.6. The SMILES string of the molecule is COc1cc(C2C(C(=O)C(C)C)=C(O)C(=O)N2CCN2CCCCC2)cc(OC)c1OC. The number of piperidine rings is 1. The van der Waals surface area contributed by atoms with E-state index in [1.54, 1.807) is 30.9 Å². The van der Waals surface area contributed by atoms with E-state index in [1.165, 1.54) is 27.8 Å². The first-order chi connectivity index (χ1) is 15.3. The van der Waals surface area contributed by atoms with Crippen LogP contribution in [0, 0.1) is 5.92 Å². The quantitative estimate of drug-likeness (QED) is 0.623. The molecule has 1 amide bonds. The molecule has 1 aromatic carbocycles. The summed E-state index contributed by atoms with van der Waals surface area (Å²) >= 11 is 0. The van der Waals surface area contributed by atoms with Gasteiger partial charge in [0.25, 0.3) is 5.91 Å². The Kier molecular flexibility index (Phi) is 7.66. The highest BCUT2D eigenvalue weighted by atomic mass is 16.5. The maximum absolute atomic E-state index is 13.1. The number of nitrogens with zero attached hydrogens (tertiary/aromatic N) is 2. The third kappa shape index (κ3) is 4.55. The lowest BCUT2D eigenvalue weighted by Crippen LogP contribution is -2.40. The topological polar surface area (TPSA) is 88.5 Å². The van der Waals surface area contributed by atoms with Crippen molar-refractivity contribution in [3.63, 3.8) is 0 Å². The number of rotatable bonds is 9. The van der Waals surface area contributed by atoms with Crippen LogP contribution < -0.4 is 14.2 Å². The maximum Gasteiger partial charge on any atom is 0.290 e. The fourth-order valence-electron chi connectivity index (χ4n) is 4.48. The Morgan fingerprint density at radius 2 is 1.62 bits per heavy atom. The molecule has 1 aromatic rings. The average Bonchev–Trinajstić information content (AvgIpc) is 3.06. The molecule has 1 atom stereocenters. The number of aliphatic hydroxyl groups is 1. The first kappa shape index (κ1) is 23.9. The minimum atomic E-state index is -0.726. The number of ketones is 1. The summed E-state index contributed by atoms with van der Waals surface area (Å²) < 4.78 is 16.4. The number of ether oxygens (including phenoxy) is 3. The average molecular weight is 447 g/mol. The summed E-state index contributed by atoms with van der Waals surface area (Å²) in [7, 11) is 4.55. The molecule has 0 aromatic heterocycles. The number of hydrogen-bond donors (Lipinski definition) is 1. The third-order valence-corrected chi connectivity index (χ3v) is 6.20. The molecule has 32 heavy (non-hydrogen) atoms. The third-order valence-electron chi connectivity index (χ3n) is 6.20. The number of amides is 1. The van der Waals surface area contributed by atoms with Gasteiger partial charge in [-0.05, 0) is 43.6 Å². The molecule has 2 aliphatic rings. The molecular formula is C24H34N2O6. The largest absolute Gasteiger partial charge is 0.503 e. The van der Waals surface area contributed by atoms with E-state index in [-0.39, 0.29) is 17.3 Å². The number of aliphatic hydroxyl groups excluding tert-OH is 1. The molecule has 0 saturated carbocycles. The second-order valence-electron chi connectivity index (χ2n) is 8.54. The van der Waals surface area contributed by atoms with Gasteiger partial charge in [0.2, 0.25) is 5.75 Å². The highest BCUT2D eigenvalue weighted by Gasteiger charge is 2.44. The zero-order valence-corrected chi connectivity index (χ0v) is 19.6. The van der Waals surface area contributed by atoms with Gasteiger partial charge in [0, 0.05) is 19.0 Å². The number of benzene rings is 1. The zero-order chi connectivity index (χ0) is 23.4. The summed E-state index contributed by atoms with van der Waals surface area (Å²) in [6.45, 7) is 6.59. The molecule has 0 aliphatic carbocycles. The van der Waals surface area contributed by atoms with Crippen molar-refractivity contribution in [3.8, 4) is 17.2 Å². The standard InChI is InChI=1S/C24H34N2O6/c1-15(2)21(27)19-20(16-13-17(30-3)23(32-5)18(14-16)31-4)26(24(29)22(19)28)12-11-25-9-7-6-8-10-25/h13-15,20,28H,6-12H2,1-5H3. The van der Waals surface area contributed by atoms with E-state index in [2.05, 4.69) is 4.90 Å². The van der Waals surface area contributed by atoms with Gasteiger partial charge in [0.1, 0.15) is 0 Å². The van der Waals surface area contributed by atoms with Crippen molar-refractivity contribution >= 4 is 11.7 Å². The van der Waals surface area contributed by atoms with E-state index in [0.29, 0.717) is 35.9 Å². The van der Waals surface area contributed by atoms with Crippen LogP contribution in [0.5, 0.6) is 17.2 Å². The first-order valence-corrected chi connectivity index (χ1v) is 11.1. The Morgan fingerprint density at radius 3 is 2.12 bits per heavy atom. The fraction of sp³-hybridized carbons (Fsp3) is 0.583. The Hall–Kier alpha value is -2.74. The van der Waals surface area contributed by atoms with Crippen molar-refractivity contribution in [2.45, 2.75) is 39.2 Å². The van der Waals surface area contributed by atoms with Crippen LogP contribution in [-0.4, -0.2) is 74.1 Å². The van der Waals surface area contributed by atoms with Gasteiger partial charge in [-0.3, -0.25) is 9.59 Å². The van der Waals surface area contributed by atoms with Crippen molar-refractivity contribution in [1.82, 2.24) is 9.80 Å². The summed E-state index contributed by atoms with van der Waals surface area (Å²) in [6.07, 6.45) is 3.51. The van der Waals surface area contributed by atoms with Crippen LogP contribution in [0.15, 0.2) is 23.5 Å². The molecule has 1 saturated heterocycles. The molecule has 0 bridgehead atoms. The number of carbonyl (C=O) groups excluding carboxylic acids is 2. The van der Waals surface area contributed by atoms with Gasteiger partial charge >= 0.3 is 0 Å². The molecule has 0 radical (unpaired) electrons. The van der Waals surface area contributed by atoms with Crippen molar-refractivity contribution < 1.29 is 28.9 Å². The molecule has 0 spiro atoms. The van der Waals surface area contributed by atoms with Gasteiger partial charge in [-0.1, -0.05) is 20.3 Å². The predicted octanol–water partition coefficient (Wildman–Crippen LogP) is 3.12. The highest BCUT2D eigenvalue weighted by Crippen LogP contribution is 2.45. The Bertz CT molecular complexity index is 863. The molecule has 176 valence electrons. The van der Waals surface area contributed by atoms with Crippen LogP contribution in [0.3, 0.4) is 0 Å². The summed E-state index contributed by atoms with van der Waals surface area (Å²) in [5.74, 6) is -0.346. The molecule has 3 rings (SSSR count). The van der Waals surface area contributed by atoms with E-state index < -0.39 is 17.7 Å². The summed E-state index contributed by atoms with van der Waals surface area (Å²) in [5.41, 5.74) is 0.748. The summed E-state index contributed by atoms with van der Waals surface area (Å²) in [5, 5.41) is 10.7. The van der Waals surface area contributed by atoms with E-state index in [9.17, 15) is 14.7 Å². The number of likely N-dealkylation sites (tertiary alicyclic amines) is 1. The van der Waals surface area contributed by atoms with Crippen LogP contribution >= 0.6 is 0 Å². The smallest absolute Gasteiger partial charge is 0.290 e. The monoisotopic (exact) mass is 446 g/mol. The van der Waals surface area contributed by atoms with E-state index in [4.69, 9.17) is 14.2 Å². The summed E-state index contributed by atoms with van der Waals surface area (Å²) in [4.78, 5) is 30.1. The lowest BCUT2D eigenvalue weighted by molar-refractivity contribution is -0.129. The van der Waals surface area contributed by atoms with Crippen LogP contribution in [0.4, 0.5) is 0 Å². The maximum atomic E-state index is 13.1. The van der Waals surface area contributed by atoms with Crippen LogP contribution in [0.1, 0.15) is 44.7 Å². The molecular weight excluding hydrogens is 412 g/mol. The lowest BCUT2D eigenvalue weighted by atomic mass is 9.91. The van der Waals surface area contributed by atoms with E-state index in [0.717, 1.165) is 25.9 Å². The van der Waals surface area contributed by atoms with Gasteiger partial charge in [0.15, 0.2) is 23.0 Å². The highest BCUT2D eigenvalue weighted by molar-refractivity contribution is 6.09. The Labute approximate surface area is 189 Å². The van der Waals surface area contributed by atoms with Crippen LogP contribution in [-0.2, 0) is 9.59 Å².